The van der Waals surface area contributed by atoms with Crippen LogP contribution >= 0.6 is 0 Å². The summed E-state index contributed by atoms with van der Waals surface area (Å²) in [6, 6.07) is 70.8. The Morgan fingerprint density at radius 1 is 0.345 bits per heavy atom. The highest BCUT2D eigenvalue weighted by Gasteiger charge is 2.52. The summed E-state index contributed by atoms with van der Waals surface area (Å²) in [5, 5.41) is 4.67. The molecule has 9 aromatic carbocycles. The van der Waals surface area contributed by atoms with Crippen LogP contribution in [0.5, 0.6) is 11.5 Å². The summed E-state index contributed by atoms with van der Waals surface area (Å²) in [5.41, 5.74) is 11.3. The Balaban J connectivity index is 1.10. The average Bonchev–Trinajstić information content (AvgIpc) is 3.59. The Labute approximate surface area is 335 Å². The fourth-order valence-electron chi connectivity index (χ4n) is 9.41. The number of rotatable bonds is 4. The molecular formula is C54H33N3O. The number of para-hydroxylation sites is 1. The lowest BCUT2D eigenvalue weighted by Gasteiger charge is -2.39. The van der Waals surface area contributed by atoms with Gasteiger partial charge < -0.3 is 4.74 Å². The van der Waals surface area contributed by atoms with Crippen LogP contribution in [0.25, 0.3) is 78.0 Å². The van der Waals surface area contributed by atoms with E-state index in [9.17, 15) is 0 Å². The average molecular weight is 740 g/mol. The first-order valence-corrected chi connectivity index (χ1v) is 19.7. The van der Waals surface area contributed by atoms with Crippen LogP contribution in [0.4, 0.5) is 0 Å². The molecule has 1 spiro atoms. The van der Waals surface area contributed by atoms with Crippen LogP contribution in [-0.2, 0) is 5.41 Å². The molecule has 1 aliphatic carbocycles. The minimum Gasteiger partial charge on any atom is -0.456 e. The first-order chi connectivity index (χ1) is 28.7. The Bertz CT molecular complexity index is 3280. The maximum Gasteiger partial charge on any atom is 0.164 e. The predicted molar refractivity (Wildman–Crippen MR) is 234 cm³/mol. The Hall–Kier alpha value is -7.69. The molecule has 0 amide bonds. The van der Waals surface area contributed by atoms with Gasteiger partial charge in [-0.3, -0.25) is 0 Å². The van der Waals surface area contributed by atoms with Gasteiger partial charge in [-0.05, 0) is 67.7 Å². The zero-order valence-corrected chi connectivity index (χ0v) is 31.3. The van der Waals surface area contributed by atoms with Crippen molar-refractivity contribution in [2.24, 2.45) is 0 Å². The van der Waals surface area contributed by atoms with E-state index in [2.05, 4.69) is 182 Å². The highest BCUT2D eigenvalue weighted by molar-refractivity contribution is 5.99. The van der Waals surface area contributed by atoms with Crippen molar-refractivity contribution in [3.63, 3.8) is 0 Å². The Kier molecular flexibility index (Phi) is 7.11. The third kappa shape index (κ3) is 4.79. The normalized spacial score (nSPS) is 14.8. The molecule has 10 aromatic rings. The maximum atomic E-state index is 6.88. The fourth-order valence-corrected chi connectivity index (χ4v) is 9.41. The molecule has 0 fully saturated rings. The van der Waals surface area contributed by atoms with Gasteiger partial charge in [-0.1, -0.05) is 182 Å². The van der Waals surface area contributed by atoms with E-state index in [4.69, 9.17) is 19.7 Å². The van der Waals surface area contributed by atoms with Gasteiger partial charge in [0.1, 0.15) is 11.5 Å². The Morgan fingerprint density at radius 3 is 1.84 bits per heavy atom. The summed E-state index contributed by atoms with van der Waals surface area (Å²) in [6.45, 7) is 0. The second kappa shape index (κ2) is 12.7. The van der Waals surface area contributed by atoms with Crippen LogP contribution < -0.4 is 4.74 Å². The highest BCUT2D eigenvalue weighted by Crippen LogP contribution is 2.64. The van der Waals surface area contributed by atoms with Gasteiger partial charge in [-0.15, -0.1) is 0 Å². The quantitative estimate of drug-likeness (QED) is 0.180. The molecule has 1 aliphatic heterocycles. The largest absolute Gasteiger partial charge is 0.456 e. The third-order valence-electron chi connectivity index (χ3n) is 12.0. The van der Waals surface area contributed by atoms with Crippen molar-refractivity contribution in [2.45, 2.75) is 5.41 Å². The van der Waals surface area contributed by atoms with Crippen LogP contribution in [0.3, 0.4) is 0 Å². The molecule has 4 nitrogen and oxygen atoms in total. The van der Waals surface area contributed by atoms with Crippen LogP contribution in [0.2, 0.25) is 0 Å². The lowest BCUT2D eigenvalue weighted by Crippen LogP contribution is -2.32. The number of hydrogen-bond donors (Lipinski definition) is 0. The van der Waals surface area contributed by atoms with E-state index in [1.54, 1.807) is 0 Å². The summed E-state index contributed by atoms with van der Waals surface area (Å²) in [7, 11) is 0. The molecule has 0 N–H and O–H groups in total. The van der Waals surface area contributed by atoms with Gasteiger partial charge in [0.25, 0.3) is 0 Å². The van der Waals surface area contributed by atoms with Gasteiger partial charge in [-0.2, -0.15) is 0 Å². The minimum absolute atomic E-state index is 0.623. The SMILES string of the molecule is c1ccc(-c2nc(-c3cccc(-c4ccc5ccccc5c4)c3)nc(-c3cccc4c3-c3ccccc3C43c4ccccc4Oc4c3ccc3ccccc43)n2)cc1. The van der Waals surface area contributed by atoms with E-state index >= 15 is 0 Å². The second-order valence-corrected chi connectivity index (χ2v) is 15.1. The number of aromatic nitrogens is 3. The number of hydrogen-bond acceptors (Lipinski definition) is 4. The van der Waals surface area contributed by atoms with Gasteiger partial charge in [0.15, 0.2) is 17.5 Å². The minimum atomic E-state index is -0.636. The molecule has 12 rings (SSSR count). The van der Waals surface area contributed by atoms with Crippen LogP contribution in [0.1, 0.15) is 22.3 Å². The molecule has 2 heterocycles. The topological polar surface area (TPSA) is 47.9 Å². The van der Waals surface area contributed by atoms with Gasteiger partial charge in [0, 0.05) is 33.2 Å². The van der Waals surface area contributed by atoms with Crippen molar-refractivity contribution in [1.82, 2.24) is 15.0 Å². The highest BCUT2D eigenvalue weighted by atomic mass is 16.5. The lowest BCUT2D eigenvalue weighted by molar-refractivity contribution is 0.441. The second-order valence-electron chi connectivity index (χ2n) is 15.1. The van der Waals surface area contributed by atoms with E-state index in [0.29, 0.717) is 17.5 Å². The molecule has 4 heteroatoms. The molecule has 58 heavy (non-hydrogen) atoms. The van der Waals surface area contributed by atoms with Crippen LogP contribution in [0.15, 0.2) is 200 Å². The first-order valence-electron chi connectivity index (χ1n) is 19.7. The molecule has 0 bridgehead atoms. The van der Waals surface area contributed by atoms with Gasteiger partial charge in [0.2, 0.25) is 0 Å². The number of fused-ring (bicyclic) bond motifs is 12. The third-order valence-corrected chi connectivity index (χ3v) is 12.0. The predicted octanol–water partition coefficient (Wildman–Crippen LogP) is 13.3. The molecule has 0 saturated heterocycles. The van der Waals surface area contributed by atoms with E-state index in [-0.39, 0.29) is 0 Å². The monoisotopic (exact) mass is 739 g/mol. The molecule has 0 radical (unpaired) electrons. The van der Waals surface area contributed by atoms with Gasteiger partial charge in [0.05, 0.1) is 5.41 Å². The maximum absolute atomic E-state index is 6.88. The first kappa shape index (κ1) is 32.5. The van der Waals surface area contributed by atoms with Gasteiger partial charge in [-0.25, -0.2) is 15.0 Å². The van der Waals surface area contributed by atoms with E-state index in [1.165, 1.54) is 21.9 Å². The molecule has 270 valence electrons. The number of nitrogens with zero attached hydrogens (tertiary/aromatic N) is 3. The molecule has 1 aromatic heterocycles. The molecule has 1 atom stereocenters. The summed E-state index contributed by atoms with van der Waals surface area (Å²) in [6.07, 6.45) is 0. The lowest BCUT2D eigenvalue weighted by atomic mass is 9.65. The molecule has 0 saturated carbocycles. The van der Waals surface area contributed by atoms with Crippen molar-refractivity contribution in [1.29, 1.82) is 0 Å². The standard InChI is InChI=1S/C54H33N3O/c1-2-16-36(17-3-1)51-55-52(40-20-12-19-38(33-40)39-29-28-34-14-4-5-18-37(34)32-39)57-53(56-51)43-23-13-26-46-49(43)42-22-8-9-24-44(42)54(46)45-25-10-11-27-48(45)58-50-41-21-7-6-15-35(41)30-31-47(50)54/h1-33H. The van der Waals surface area contributed by atoms with E-state index in [0.717, 1.165) is 72.3 Å². The molecular weight excluding hydrogens is 707 g/mol. The number of ether oxygens (including phenoxy) is 1. The van der Waals surface area contributed by atoms with Crippen molar-refractivity contribution < 1.29 is 4.74 Å². The summed E-state index contributed by atoms with van der Waals surface area (Å²) < 4.78 is 6.88. The zero-order chi connectivity index (χ0) is 38.2. The fraction of sp³-hybridized carbons (Fsp3) is 0.0185. The van der Waals surface area contributed by atoms with Crippen molar-refractivity contribution in [3.05, 3.63) is 222 Å². The Morgan fingerprint density at radius 2 is 0.948 bits per heavy atom. The molecule has 1 unspecified atom stereocenters. The van der Waals surface area contributed by atoms with Crippen molar-refractivity contribution >= 4 is 21.5 Å². The smallest absolute Gasteiger partial charge is 0.164 e. The van der Waals surface area contributed by atoms with Crippen LogP contribution in [-0.4, -0.2) is 15.0 Å². The summed E-state index contributed by atoms with van der Waals surface area (Å²) >= 11 is 0. The van der Waals surface area contributed by atoms with Crippen LogP contribution in [0, 0.1) is 0 Å². The molecule has 2 aliphatic rings. The van der Waals surface area contributed by atoms with E-state index < -0.39 is 5.41 Å². The van der Waals surface area contributed by atoms with Crippen molar-refractivity contribution in [3.8, 4) is 67.9 Å². The number of benzene rings is 9. The summed E-state index contributed by atoms with van der Waals surface area (Å²) in [4.78, 5) is 15.8. The van der Waals surface area contributed by atoms with Gasteiger partial charge >= 0.3 is 0 Å². The summed E-state index contributed by atoms with van der Waals surface area (Å²) in [5.74, 6) is 3.63. The zero-order valence-electron chi connectivity index (χ0n) is 31.3. The van der Waals surface area contributed by atoms with E-state index in [1.807, 2.05) is 18.2 Å². The van der Waals surface area contributed by atoms with Crippen molar-refractivity contribution in [2.75, 3.05) is 0 Å².